The van der Waals surface area contributed by atoms with Crippen LogP contribution in [-0.2, 0) is 4.79 Å². The summed E-state index contributed by atoms with van der Waals surface area (Å²) in [6.45, 7) is 2.00. The molecule has 3 heteroatoms. The van der Waals surface area contributed by atoms with Crippen LogP contribution in [0.3, 0.4) is 0 Å². The van der Waals surface area contributed by atoms with Gasteiger partial charge in [0.15, 0.2) is 0 Å². The standard InChI is InChI=1S/C18H30N2O/c19-16-13-6-7-15(11-13)18(16)8-4-5-14(12-18)17(21)20-9-2-1-3-10-20/h13-16H,1-12,19H2/t13-,14+,15+,16+,18-/m1/s1. The molecule has 3 aliphatic carbocycles. The van der Waals surface area contributed by atoms with Crippen molar-refractivity contribution >= 4 is 5.91 Å². The quantitative estimate of drug-likeness (QED) is 0.807. The zero-order valence-corrected chi connectivity index (χ0v) is 13.2. The van der Waals surface area contributed by atoms with Gasteiger partial charge >= 0.3 is 0 Å². The van der Waals surface area contributed by atoms with E-state index in [9.17, 15) is 4.79 Å². The molecule has 2 N–H and O–H groups in total. The van der Waals surface area contributed by atoms with E-state index in [1.54, 1.807) is 0 Å². The van der Waals surface area contributed by atoms with Crippen LogP contribution in [0.4, 0.5) is 0 Å². The van der Waals surface area contributed by atoms with Gasteiger partial charge in [0.2, 0.25) is 5.91 Å². The number of nitrogens with zero attached hydrogens (tertiary/aromatic N) is 1. The summed E-state index contributed by atoms with van der Waals surface area (Å²) in [5.74, 6) is 2.33. The lowest BCUT2D eigenvalue weighted by atomic mass is 9.59. The van der Waals surface area contributed by atoms with Gasteiger partial charge in [0, 0.05) is 25.0 Å². The Hall–Kier alpha value is -0.570. The topological polar surface area (TPSA) is 46.3 Å². The van der Waals surface area contributed by atoms with Gasteiger partial charge in [0.25, 0.3) is 0 Å². The molecule has 5 atom stereocenters. The Labute approximate surface area is 128 Å². The van der Waals surface area contributed by atoms with Gasteiger partial charge in [-0.15, -0.1) is 0 Å². The minimum atomic E-state index is 0.280. The molecular formula is C18H30N2O. The highest BCUT2D eigenvalue weighted by molar-refractivity contribution is 5.79. The maximum atomic E-state index is 12.9. The molecule has 1 amide bonds. The number of hydrogen-bond donors (Lipinski definition) is 1. The molecule has 1 heterocycles. The number of fused-ring (bicyclic) bond motifs is 3. The highest BCUT2D eigenvalue weighted by Gasteiger charge is 2.58. The van der Waals surface area contributed by atoms with Crippen molar-refractivity contribution in [3.8, 4) is 0 Å². The molecule has 1 aliphatic heterocycles. The van der Waals surface area contributed by atoms with Crippen LogP contribution in [0.2, 0.25) is 0 Å². The van der Waals surface area contributed by atoms with Gasteiger partial charge in [-0.25, -0.2) is 0 Å². The second-order valence-corrected chi connectivity index (χ2v) is 8.21. The maximum absolute atomic E-state index is 12.9. The molecule has 2 bridgehead atoms. The highest BCUT2D eigenvalue weighted by Crippen LogP contribution is 2.61. The van der Waals surface area contributed by atoms with E-state index in [-0.39, 0.29) is 5.92 Å². The maximum Gasteiger partial charge on any atom is 0.225 e. The van der Waals surface area contributed by atoms with Gasteiger partial charge in [-0.2, -0.15) is 0 Å². The first-order valence-corrected chi connectivity index (χ1v) is 9.25. The number of rotatable bonds is 1. The number of nitrogens with two attached hydrogens (primary N) is 1. The summed E-state index contributed by atoms with van der Waals surface area (Å²) < 4.78 is 0. The van der Waals surface area contributed by atoms with E-state index in [4.69, 9.17) is 5.73 Å². The summed E-state index contributed by atoms with van der Waals surface area (Å²) in [5, 5.41) is 0. The number of hydrogen-bond acceptors (Lipinski definition) is 2. The van der Waals surface area contributed by atoms with Gasteiger partial charge in [-0.3, -0.25) is 4.79 Å². The number of amides is 1. The van der Waals surface area contributed by atoms with Gasteiger partial charge in [0.05, 0.1) is 0 Å². The molecule has 3 nitrogen and oxygen atoms in total. The smallest absolute Gasteiger partial charge is 0.225 e. The van der Waals surface area contributed by atoms with Crippen LogP contribution < -0.4 is 5.73 Å². The molecule has 3 saturated carbocycles. The third-order valence-corrected chi connectivity index (χ3v) is 7.30. The van der Waals surface area contributed by atoms with Gasteiger partial charge < -0.3 is 10.6 Å². The fourth-order valence-electron chi connectivity index (χ4n) is 6.20. The average molecular weight is 290 g/mol. The third kappa shape index (κ3) is 2.15. The summed E-state index contributed by atoms with van der Waals surface area (Å²) in [5.41, 5.74) is 6.98. The zero-order valence-electron chi connectivity index (χ0n) is 13.2. The van der Waals surface area contributed by atoms with Crippen LogP contribution >= 0.6 is 0 Å². The van der Waals surface area contributed by atoms with E-state index in [1.807, 2.05) is 0 Å². The number of piperidine rings is 1. The van der Waals surface area contributed by atoms with Crippen molar-refractivity contribution in [3.05, 3.63) is 0 Å². The summed E-state index contributed by atoms with van der Waals surface area (Å²) in [7, 11) is 0. The molecule has 1 spiro atoms. The fraction of sp³-hybridized carbons (Fsp3) is 0.944. The summed E-state index contributed by atoms with van der Waals surface area (Å²) in [6.07, 6.45) is 12.5. The molecule has 1 saturated heterocycles. The molecule has 4 rings (SSSR count). The average Bonchev–Trinajstić information content (AvgIpc) is 3.11. The van der Waals surface area contributed by atoms with E-state index >= 15 is 0 Å². The van der Waals surface area contributed by atoms with Crippen LogP contribution in [0.5, 0.6) is 0 Å². The minimum absolute atomic E-state index is 0.280. The van der Waals surface area contributed by atoms with Gasteiger partial charge in [0.1, 0.15) is 0 Å². The van der Waals surface area contributed by atoms with E-state index in [0.29, 0.717) is 17.4 Å². The second-order valence-electron chi connectivity index (χ2n) is 8.21. The number of likely N-dealkylation sites (tertiary alicyclic amines) is 1. The zero-order chi connectivity index (χ0) is 14.4. The van der Waals surface area contributed by atoms with Crippen molar-refractivity contribution in [2.24, 2.45) is 28.9 Å². The predicted octanol–water partition coefficient (Wildman–Crippen LogP) is 2.93. The Morgan fingerprint density at radius 2 is 1.86 bits per heavy atom. The molecule has 0 radical (unpaired) electrons. The molecule has 21 heavy (non-hydrogen) atoms. The summed E-state index contributed by atoms with van der Waals surface area (Å²) in [6, 6.07) is 0.383. The van der Waals surface area contributed by atoms with Gasteiger partial charge in [-0.05, 0) is 75.0 Å². The number of carbonyl (C=O) groups excluding carboxylic acids is 1. The SMILES string of the molecule is N[C@H]1[C@@H]2CC[C@@H](C2)[C@]12CCC[C@H](C(=O)N1CCCCC1)C2. The molecule has 0 aromatic heterocycles. The number of carbonyl (C=O) groups is 1. The predicted molar refractivity (Wildman–Crippen MR) is 83.6 cm³/mol. The normalized spacial score (nSPS) is 46.2. The van der Waals surface area contributed by atoms with Crippen LogP contribution in [0.1, 0.15) is 64.2 Å². The molecule has 0 aromatic carbocycles. The molecule has 0 unspecified atom stereocenters. The van der Waals surface area contributed by atoms with Crippen molar-refractivity contribution in [2.45, 2.75) is 70.3 Å². The Morgan fingerprint density at radius 1 is 1.05 bits per heavy atom. The van der Waals surface area contributed by atoms with E-state index in [0.717, 1.165) is 37.8 Å². The first-order valence-electron chi connectivity index (χ1n) is 9.25. The molecule has 4 aliphatic rings. The van der Waals surface area contributed by atoms with Crippen LogP contribution in [0.25, 0.3) is 0 Å². The van der Waals surface area contributed by atoms with Crippen molar-refractivity contribution in [1.82, 2.24) is 4.90 Å². The first kappa shape index (κ1) is 14.0. The second kappa shape index (κ2) is 5.26. The summed E-state index contributed by atoms with van der Waals surface area (Å²) in [4.78, 5) is 15.0. The lowest BCUT2D eigenvalue weighted by Gasteiger charge is -2.48. The molecule has 118 valence electrons. The first-order chi connectivity index (χ1) is 10.2. The minimum Gasteiger partial charge on any atom is -0.342 e. The lowest BCUT2D eigenvalue weighted by Crippen LogP contribution is -2.51. The largest absolute Gasteiger partial charge is 0.342 e. The fourth-order valence-corrected chi connectivity index (χ4v) is 6.20. The Bertz CT molecular complexity index is 413. The summed E-state index contributed by atoms with van der Waals surface area (Å²) >= 11 is 0. The van der Waals surface area contributed by atoms with Crippen LogP contribution in [0, 0.1) is 23.2 Å². The van der Waals surface area contributed by atoms with Crippen molar-refractivity contribution < 1.29 is 4.79 Å². The van der Waals surface area contributed by atoms with E-state index < -0.39 is 0 Å². The Morgan fingerprint density at radius 3 is 2.57 bits per heavy atom. The van der Waals surface area contributed by atoms with Crippen molar-refractivity contribution in [2.75, 3.05) is 13.1 Å². The molecule has 0 aromatic rings. The molecular weight excluding hydrogens is 260 g/mol. The Kier molecular flexibility index (Phi) is 3.52. The lowest BCUT2D eigenvalue weighted by molar-refractivity contribution is -0.140. The van der Waals surface area contributed by atoms with Crippen molar-refractivity contribution in [3.63, 3.8) is 0 Å². The highest BCUT2D eigenvalue weighted by atomic mass is 16.2. The van der Waals surface area contributed by atoms with E-state index in [1.165, 1.54) is 51.4 Å². The van der Waals surface area contributed by atoms with E-state index in [2.05, 4.69) is 4.90 Å². The van der Waals surface area contributed by atoms with Crippen LogP contribution in [0.15, 0.2) is 0 Å². The molecule has 4 fully saturated rings. The van der Waals surface area contributed by atoms with Crippen LogP contribution in [-0.4, -0.2) is 29.9 Å². The Balaban J connectivity index is 1.49. The van der Waals surface area contributed by atoms with Gasteiger partial charge in [-0.1, -0.05) is 6.42 Å². The van der Waals surface area contributed by atoms with Crippen molar-refractivity contribution in [1.29, 1.82) is 0 Å². The third-order valence-electron chi connectivity index (χ3n) is 7.30. The monoisotopic (exact) mass is 290 g/mol.